The Hall–Kier alpha value is -3.48. The van der Waals surface area contributed by atoms with Crippen LogP contribution < -0.4 is 18.9 Å². The number of ketones is 1. The highest BCUT2D eigenvalue weighted by molar-refractivity contribution is 5.99. The molecule has 0 fully saturated rings. The number of rotatable bonds is 7. The highest BCUT2D eigenvalue weighted by atomic mass is 16.7. The first-order valence-electron chi connectivity index (χ1n) is 8.10. The van der Waals surface area contributed by atoms with Gasteiger partial charge in [-0.05, 0) is 36.4 Å². The molecule has 0 amide bonds. The molecule has 1 aliphatic rings. The predicted molar refractivity (Wildman–Crippen MR) is 96.4 cm³/mol. The highest BCUT2D eigenvalue weighted by Gasteiger charge is 2.17. The summed E-state index contributed by atoms with van der Waals surface area (Å²) in [6.07, 6.45) is 2.78. The largest absolute Gasteiger partial charge is 0.497 e. The third-order valence-corrected chi connectivity index (χ3v) is 3.88. The summed E-state index contributed by atoms with van der Waals surface area (Å²) in [6.45, 7) is -0.246. The molecule has 0 saturated carbocycles. The molecular weight excluding hydrogens is 352 g/mol. The van der Waals surface area contributed by atoms with Gasteiger partial charge in [0.25, 0.3) is 0 Å². The van der Waals surface area contributed by atoms with E-state index in [0.29, 0.717) is 34.1 Å². The van der Waals surface area contributed by atoms with E-state index in [0.717, 1.165) is 0 Å². The van der Waals surface area contributed by atoms with E-state index in [9.17, 15) is 9.59 Å². The Balaban J connectivity index is 1.58. The zero-order valence-electron chi connectivity index (χ0n) is 14.9. The van der Waals surface area contributed by atoms with E-state index in [2.05, 4.69) is 0 Å². The van der Waals surface area contributed by atoms with Crippen molar-refractivity contribution < 1.29 is 33.3 Å². The number of methoxy groups -OCH3 is 2. The van der Waals surface area contributed by atoms with E-state index < -0.39 is 5.97 Å². The van der Waals surface area contributed by atoms with Gasteiger partial charge < -0.3 is 23.7 Å². The molecule has 27 heavy (non-hydrogen) atoms. The lowest BCUT2D eigenvalue weighted by atomic mass is 10.1. The number of hydrogen-bond donors (Lipinski definition) is 0. The van der Waals surface area contributed by atoms with Gasteiger partial charge in [0, 0.05) is 23.3 Å². The van der Waals surface area contributed by atoms with Gasteiger partial charge in [-0.25, -0.2) is 4.79 Å². The molecule has 0 atom stereocenters. The maximum atomic E-state index is 12.2. The molecular formula is C20H18O7. The molecule has 2 aromatic carbocycles. The Bertz CT molecular complexity index is 886. The minimum atomic E-state index is -0.637. The number of fused-ring (bicyclic) bond motifs is 1. The number of benzene rings is 2. The normalized spacial score (nSPS) is 12.1. The Morgan fingerprint density at radius 1 is 1.04 bits per heavy atom. The van der Waals surface area contributed by atoms with E-state index in [4.69, 9.17) is 23.7 Å². The average molecular weight is 370 g/mol. The van der Waals surface area contributed by atoms with Crippen LogP contribution in [-0.4, -0.2) is 39.4 Å². The third kappa shape index (κ3) is 4.38. The molecule has 7 heteroatoms. The smallest absolute Gasteiger partial charge is 0.331 e. The van der Waals surface area contributed by atoms with Crippen LogP contribution in [0.3, 0.4) is 0 Å². The first-order chi connectivity index (χ1) is 13.1. The topological polar surface area (TPSA) is 80.3 Å². The van der Waals surface area contributed by atoms with Crippen LogP contribution in [0.25, 0.3) is 6.08 Å². The molecule has 7 nitrogen and oxygen atoms in total. The second kappa shape index (κ2) is 8.27. The van der Waals surface area contributed by atoms with Gasteiger partial charge in [-0.2, -0.15) is 0 Å². The van der Waals surface area contributed by atoms with Crippen molar-refractivity contribution in [2.24, 2.45) is 0 Å². The monoisotopic (exact) mass is 370 g/mol. The molecule has 0 unspecified atom stereocenters. The molecule has 0 spiro atoms. The number of hydrogen-bond acceptors (Lipinski definition) is 7. The standard InChI is InChI=1S/C20H18O7/c1-23-15-6-3-13(18(10-15)24-2)5-8-20(22)25-11-16(21)14-4-7-17-19(9-14)27-12-26-17/h3-10H,11-12H2,1-2H3/b8-5+. The Labute approximate surface area is 156 Å². The first kappa shape index (κ1) is 18.3. The van der Waals surface area contributed by atoms with Crippen molar-refractivity contribution >= 4 is 17.8 Å². The van der Waals surface area contributed by atoms with Crippen molar-refractivity contribution in [3.05, 3.63) is 53.6 Å². The SMILES string of the molecule is COc1ccc(/C=C/C(=O)OCC(=O)c2ccc3c(c2)OCO3)c(OC)c1. The molecule has 1 aliphatic heterocycles. The zero-order valence-corrected chi connectivity index (χ0v) is 14.9. The lowest BCUT2D eigenvalue weighted by molar-refractivity contribution is -0.136. The Morgan fingerprint density at radius 2 is 1.85 bits per heavy atom. The lowest BCUT2D eigenvalue weighted by Gasteiger charge is -2.07. The second-order valence-corrected chi connectivity index (χ2v) is 5.54. The minimum Gasteiger partial charge on any atom is -0.497 e. The summed E-state index contributed by atoms with van der Waals surface area (Å²) in [5.74, 6) is 1.30. The summed E-state index contributed by atoms with van der Waals surface area (Å²) in [7, 11) is 3.08. The van der Waals surface area contributed by atoms with Gasteiger partial charge in [0.2, 0.25) is 6.79 Å². The average Bonchev–Trinajstić information content (AvgIpc) is 3.18. The fraction of sp³-hybridized carbons (Fsp3) is 0.200. The van der Waals surface area contributed by atoms with Gasteiger partial charge in [0.05, 0.1) is 14.2 Å². The zero-order chi connectivity index (χ0) is 19.2. The summed E-state index contributed by atoms with van der Waals surface area (Å²) in [5.41, 5.74) is 1.06. The summed E-state index contributed by atoms with van der Waals surface area (Å²) >= 11 is 0. The van der Waals surface area contributed by atoms with E-state index in [1.54, 1.807) is 49.6 Å². The van der Waals surface area contributed by atoms with Crippen LogP contribution in [0.5, 0.6) is 23.0 Å². The molecule has 0 bridgehead atoms. The van der Waals surface area contributed by atoms with Crippen LogP contribution in [0.2, 0.25) is 0 Å². The Kier molecular flexibility index (Phi) is 5.61. The van der Waals surface area contributed by atoms with Crippen molar-refractivity contribution in [3.8, 4) is 23.0 Å². The molecule has 0 aromatic heterocycles. The predicted octanol–water partition coefficient (Wildman–Crippen LogP) is 2.87. The summed E-state index contributed by atoms with van der Waals surface area (Å²) in [6, 6.07) is 10.0. The van der Waals surface area contributed by atoms with Gasteiger partial charge in [0.15, 0.2) is 23.9 Å². The third-order valence-electron chi connectivity index (χ3n) is 3.88. The van der Waals surface area contributed by atoms with E-state index in [-0.39, 0.29) is 19.2 Å². The molecule has 140 valence electrons. The van der Waals surface area contributed by atoms with Crippen LogP contribution in [0.15, 0.2) is 42.5 Å². The highest BCUT2D eigenvalue weighted by Crippen LogP contribution is 2.32. The maximum absolute atomic E-state index is 12.2. The van der Waals surface area contributed by atoms with Gasteiger partial charge >= 0.3 is 5.97 Å². The lowest BCUT2D eigenvalue weighted by Crippen LogP contribution is -2.12. The van der Waals surface area contributed by atoms with Crippen LogP contribution in [0.1, 0.15) is 15.9 Å². The maximum Gasteiger partial charge on any atom is 0.331 e. The van der Waals surface area contributed by atoms with Crippen LogP contribution in [-0.2, 0) is 9.53 Å². The van der Waals surface area contributed by atoms with E-state index in [1.165, 1.54) is 13.2 Å². The molecule has 0 aliphatic carbocycles. The molecule has 0 N–H and O–H groups in total. The van der Waals surface area contributed by atoms with Crippen LogP contribution >= 0.6 is 0 Å². The number of carbonyl (C=O) groups excluding carboxylic acids is 2. The number of esters is 1. The summed E-state index contributed by atoms with van der Waals surface area (Å²) in [4.78, 5) is 24.1. The fourth-order valence-corrected chi connectivity index (χ4v) is 2.45. The summed E-state index contributed by atoms with van der Waals surface area (Å²) < 4.78 is 25.8. The fourth-order valence-electron chi connectivity index (χ4n) is 2.45. The van der Waals surface area contributed by atoms with Crippen molar-refractivity contribution in [2.75, 3.05) is 27.6 Å². The van der Waals surface area contributed by atoms with Crippen molar-refractivity contribution in [3.63, 3.8) is 0 Å². The van der Waals surface area contributed by atoms with E-state index in [1.807, 2.05) is 0 Å². The second-order valence-electron chi connectivity index (χ2n) is 5.54. The molecule has 3 rings (SSSR count). The van der Waals surface area contributed by atoms with E-state index >= 15 is 0 Å². The van der Waals surface area contributed by atoms with Crippen LogP contribution in [0, 0.1) is 0 Å². The van der Waals surface area contributed by atoms with Crippen molar-refractivity contribution in [2.45, 2.75) is 0 Å². The summed E-state index contributed by atoms with van der Waals surface area (Å²) in [5, 5.41) is 0. The number of carbonyl (C=O) groups is 2. The first-order valence-corrected chi connectivity index (χ1v) is 8.10. The Morgan fingerprint density at radius 3 is 2.63 bits per heavy atom. The van der Waals surface area contributed by atoms with Crippen LogP contribution in [0.4, 0.5) is 0 Å². The molecule has 0 saturated heterocycles. The molecule has 0 radical (unpaired) electrons. The van der Waals surface area contributed by atoms with Gasteiger partial charge in [-0.1, -0.05) is 0 Å². The van der Waals surface area contributed by atoms with Gasteiger partial charge in [0.1, 0.15) is 11.5 Å². The van der Waals surface area contributed by atoms with Gasteiger partial charge in [-0.3, -0.25) is 4.79 Å². The quantitative estimate of drug-likeness (QED) is 0.421. The molecule has 2 aromatic rings. The van der Waals surface area contributed by atoms with Crippen molar-refractivity contribution in [1.29, 1.82) is 0 Å². The minimum absolute atomic E-state index is 0.127. The molecule has 1 heterocycles. The number of ether oxygens (including phenoxy) is 5. The number of Topliss-reactive ketones (excluding diaryl/α,β-unsaturated/α-hetero) is 1. The van der Waals surface area contributed by atoms with Crippen molar-refractivity contribution in [1.82, 2.24) is 0 Å². The van der Waals surface area contributed by atoms with Gasteiger partial charge in [-0.15, -0.1) is 0 Å².